The second kappa shape index (κ2) is 8.31. The third-order valence-electron chi connectivity index (χ3n) is 6.10. The summed E-state index contributed by atoms with van der Waals surface area (Å²) in [5.41, 5.74) is 7.73. The number of aromatic amines is 1. The molecule has 0 aliphatic carbocycles. The Morgan fingerprint density at radius 2 is 2.12 bits per heavy atom. The van der Waals surface area contributed by atoms with Gasteiger partial charge >= 0.3 is 0 Å². The van der Waals surface area contributed by atoms with Gasteiger partial charge in [0.2, 0.25) is 10.0 Å². The predicted octanol–water partition coefficient (Wildman–Crippen LogP) is 5.13. The van der Waals surface area contributed by atoms with Crippen LogP contribution >= 0.6 is 11.3 Å². The first-order valence-corrected chi connectivity index (χ1v) is 13.1. The van der Waals surface area contributed by atoms with E-state index in [4.69, 9.17) is 0 Å². The molecule has 2 N–H and O–H groups in total. The van der Waals surface area contributed by atoms with E-state index in [1.165, 1.54) is 0 Å². The van der Waals surface area contributed by atoms with Gasteiger partial charge in [-0.2, -0.15) is 4.31 Å². The number of rotatable bonds is 6. The SMILES string of the molecule is CCC(C)S(=O)(=O)N1CC=C(c2cc3c(Nc4ccc5ncsc5c4)ccnc3[nH]2)CC1. The number of anilines is 2. The molecule has 4 aromatic rings. The minimum atomic E-state index is -3.24. The molecule has 1 aliphatic rings. The van der Waals surface area contributed by atoms with Gasteiger partial charge in [-0.25, -0.2) is 18.4 Å². The smallest absolute Gasteiger partial charge is 0.216 e. The fourth-order valence-corrected chi connectivity index (χ4v) is 6.26. The van der Waals surface area contributed by atoms with Crippen molar-refractivity contribution in [2.45, 2.75) is 31.9 Å². The lowest BCUT2D eigenvalue weighted by Gasteiger charge is -2.28. The molecular weight excluding hydrogens is 442 g/mol. The Kier molecular flexibility index (Phi) is 5.48. The van der Waals surface area contributed by atoms with Crippen LogP contribution in [0.25, 0.3) is 26.8 Å². The molecule has 5 rings (SSSR count). The average Bonchev–Trinajstić information content (AvgIpc) is 3.45. The van der Waals surface area contributed by atoms with E-state index in [0.717, 1.165) is 43.9 Å². The summed E-state index contributed by atoms with van der Waals surface area (Å²) in [6.45, 7) is 4.59. The van der Waals surface area contributed by atoms with Gasteiger partial charge in [0, 0.05) is 36.1 Å². The maximum absolute atomic E-state index is 12.7. The van der Waals surface area contributed by atoms with Crippen LogP contribution in [0.2, 0.25) is 0 Å². The standard InChI is InChI=1S/C23H25N5O2S2/c1-3-15(2)32(29,30)28-10-7-16(8-11-28)21-13-18-19(6-9-24-23(18)27-21)26-17-4-5-20-22(12-17)31-14-25-20/h4-7,9,12-15H,3,8,10-11H2,1-2H3,(H2,24,26,27). The average molecular weight is 468 g/mol. The van der Waals surface area contributed by atoms with Crippen molar-refractivity contribution in [3.8, 4) is 0 Å². The third-order valence-corrected chi connectivity index (χ3v) is 9.30. The first-order chi connectivity index (χ1) is 15.5. The van der Waals surface area contributed by atoms with E-state index in [2.05, 4.69) is 32.4 Å². The summed E-state index contributed by atoms with van der Waals surface area (Å²) in [7, 11) is -3.24. The van der Waals surface area contributed by atoms with Crippen molar-refractivity contribution in [2.75, 3.05) is 18.4 Å². The Labute approximate surface area is 191 Å². The third kappa shape index (κ3) is 3.80. The van der Waals surface area contributed by atoms with E-state index in [1.54, 1.807) is 28.8 Å². The number of benzene rings is 1. The Bertz CT molecular complexity index is 1420. The number of thiazole rings is 1. The molecule has 0 saturated heterocycles. The van der Waals surface area contributed by atoms with E-state index >= 15 is 0 Å². The van der Waals surface area contributed by atoms with Crippen molar-refractivity contribution in [1.82, 2.24) is 19.3 Å². The predicted molar refractivity (Wildman–Crippen MR) is 132 cm³/mol. The van der Waals surface area contributed by atoms with Crippen LogP contribution < -0.4 is 5.32 Å². The lowest BCUT2D eigenvalue weighted by Crippen LogP contribution is -2.39. The van der Waals surface area contributed by atoms with Gasteiger partial charge in [-0.1, -0.05) is 13.0 Å². The van der Waals surface area contributed by atoms with Gasteiger partial charge in [0.05, 0.1) is 26.7 Å². The zero-order chi connectivity index (χ0) is 22.3. The molecule has 0 bridgehead atoms. The molecule has 0 radical (unpaired) electrons. The van der Waals surface area contributed by atoms with Gasteiger partial charge in [0.25, 0.3) is 0 Å². The fourth-order valence-electron chi connectivity index (χ4n) is 3.99. The van der Waals surface area contributed by atoms with Crippen molar-refractivity contribution in [2.24, 2.45) is 0 Å². The summed E-state index contributed by atoms with van der Waals surface area (Å²) in [4.78, 5) is 12.2. The Morgan fingerprint density at radius 1 is 1.25 bits per heavy atom. The largest absolute Gasteiger partial charge is 0.355 e. The zero-order valence-electron chi connectivity index (χ0n) is 18.0. The molecule has 0 spiro atoms. The highest BCUT2D eigenvalue weighted by Gasteiger charge is 2.29. The highest BCUT2D eigenvalue weighted by molar-refractivity contribution is 7.89. The zero-order valence-corrected chi connectivity index (χ0v) is 19.6. The molecule has 0 saturated carbocycles. The first-order valence-electron chi connectivity index (χ1n) is 10.7. The molecular formula is C23H25N5O2S2. The Morgan fingerprint density at radius 3 is 2.91 bits per heavy atom. The Hall–Kier alpha value is -2.75. The number of hydrogen-bond donors (Lipinski definition) is 2. The normalized spacial score (nSPS) is 16.4. The molecule has 4 heterocycles. The molecule has 166 valence electrons. The molecule has 3 aromatic heterocycles. The van der Waals surface area contributed by atoms with Gasteiger partial charge in [0.15, 0.2) is 0 Å². The van der Waals surface area contributed by atoms with E-state index < -0.39 is 10.0 Å². The minimum Gasteiger partial charge on any atom is -0.355 e. The highest BCUT2D eigenvalue weighted by Crippen LogP contribution is 2.32. The lowest BCUT2D eigenvalue weighted by molar-refractivity contribution is 0.432. The van der Waals surface area contributed by atoms with Gasteiger partial charge in [-0.3, -0.25) is 0 Å². The van der Waals surface area contributed by atoms with E-state index in [9.17, 15) is 8.42 Å². The summed E-state index contributed by atoms with van der Waals surface area (Å²) in [6, 6.07) is 10.2. The van der Waals surface area contributed by atoms with E-state index in [0.29, 0.717) is 25.9 Å². The number of hydrogen-bond acceptors (Lipinski definition) is 6. The van der Waals surface area contributed by atoms with Crippen LogP contribution in [0.5, 0.6) is 0 Å². The van der Waals surface area contributed by atoms with Gasteiger partial charge in [0.1, 0.15) is 5.65 Å². The van der Waals surface area contributed by atoms with Crippen molar-refractivity contribution in [3.63, 3.8) is 0 Å². The van der Waals surface area contributed by atoms with Crippen molar-refractivity contribution in [1.29, 1.82) is 0 Å². The second-order valence-corrected chi connectivity index (χ2v) is 11.3. The molecule has 7 nitrogen and oxygen atoms in total. The molecule has 1 aromatic carbocycles. The number of nitrogens with one attached hydrogen (secondary N) is 2. The molecule has 1 atom stereocenters. The summed E-state index contributed by atoms with van der Waals surface area (Å²) in [5, 5.41) is 4.15. The first kappa shape index (κ1) is 21.1. The van der Waals surface area contributed by atoms with E-state index in [-0.39, 0.29) is 5.25 Å². The molecule has 0 amide bonds. The maximum Gasteiger partial charge on any atom is 0.216 e. The van der Waals surface area contributed by atoms with Gasteiger partial charge in [-0.15, -0.1) is 11.3 Å². The monoisotopic (exact) mass is 467 g/mol. The topological polar surface area (TPSA) is 91.0 Å². The van der Waals surface area contributed by atoms with Crippen molar-refractivity contribution in [3.05, 3.63) is 53.8 Å². The molecule has 1 unspecified atom stereocenters. The van der Waals surface area contributed by atoms with Gasteiger partial charge < -0.3 is 10.3 Å². The molecule has 1 aliphatic heterocycles. The minimum absolute atomic E-state index is 0.354. The molecule has 32 heavy (non-hydrogen) atoms. The van der Waals surface area contributed by atoms with Crippen LogP contribution in [-0.2, 0) is 10.0 Å². The van der Waals surface area contributed by atoms with Crippen molar-refractivity contribution < 1.29 is 8.42 Å². The van der Waals surface area contributed by atoms with Crippen LogP contribution in [0.4, 0.5) is 11.4 Å². The molecule has 0 fully saturated rings. The number of sulfonamides is 1. The summed E-state index contributed by atoms with van der Waals surface area (Å²) < 4.78 is 28.0. The van der Waals surface area contributed by atoms with Crippen molar-refractivity contribution >= 4 is 59.6 Å². The summed E-state index contributed by atoms with van der Waals surface area (Å²) >= 11 is 1.62. The Balaban J connectivity index is 1.41. The summed E-state index contributed by atoms with van der Waals surface area (Å²) in [5.74, 6) is 0. The maximum atomic E-state index is 12.7. The van der Waals surface area contributed by atoms with Crippen LogP contribution in [0.3, 0.4) is 0 Å². The summed E-state index contributed by atoms with van der Waals surface area (Å²) in [6.07, 6.45) is 5.09. The number of aromatic nitrogens is 3. The highest BCUT2D eigenvalue weighted by atomic mass is 32.2. The lowest BCUT2D eigenvalue weighted by atomic mass is 10.1. The number of fused-ring (bicyclic) bond motifs is 2. The van der Waals surface area contributed by atoms with E-state index in [1.807, 2.05) is 36.7 Å². The molecule has 9 heteroatoms. The number of nitrogens with zero attached hydrogens (tertiary/aromatic N) is 3. The quantitative estimate of drug-likeness (QED) is 0.410. The van der Waals surface area contributed by atoms with Crippen LogP contribution in [0.15, 0.2) is 48.1 Å². The van der Waals surface area contributed by atoms with Crippen LogP contribution in [0.1, 0.15) is 32.4 Å². The van der Waals surface area contributed by atoms with Crippen LogP contribution in [0, 0.1) is 0 Å². The van der Waals surface area contributed by atoms with Crippen LogP contribution in [-0.4, -0.2) is 46.0 Å². The number of H-pyrrole nitrogens is 1. The number of pyridine rings is 1. The fraction of sp³-hybridized carbons (Fsp3) is 0.304. The second-order valence-electron chi connectivity index (χ2n) is 8.06. The van der Waals surface area contributed by atoms with Gasteiger partial charge in [-0.05, 0) is 55.7 Å².